The van der Waals surface area contributed by atoms with Gasteiger partial charge in [0, 0.05) is 17.3 Å². The second-order valence-electron chi connectivity index (χ2n) is 6.06. The molecule has 5 nitrogen and oxygen atoms in total. The first kappa shape index (κ1) is 17.5. The van der Waals surface area contributed by atoms with Crippen molar-refractivity contribution < 1.29 is 9.18 Å². The number of aryl methyl sites for hydroxylation is 2. The van der Waals surface area contributed by atoms with Crippen molar-refractivity contribution in [2.24, 2.45) is 0 Å². The van der Waals surface area contributed by atoms with Crippen LogP contribution in [0.4, 0.5) is 10.1 Å². The molecule has 1 heterocycles. The Hall–Kier alpha value is -3.28. The Bertz CT molecular complexity index is 1030. The van der Waals surface area contributed by atoms with Gasteiger partial charge in [-0.15, -0.1) is 0 Å². The number of rotatable bonds is 4. The monoisotopic (exact) mass is 351 g/mol. The molecule has 0 radical (unpaired) electrons. The number of nitrogens with zero attached hydrogens (tertiary/aromatic N) is 2. The highest BCUT2D eigenvalue weighted by atomic mass is 19.1. The van der Waals surface area contributed by atoms with E-state index in [4.69, 9.17) is 0 Å². The Morgan fingerprint density at radius 1 is 1.08 bits per heavy atom. The molecular formula is C20H18FN3O2. The van der Waals surface area contributed by atoms with Gasteiger partial charge in [0.1, 0.15) is 11.5 Å². The Balaban J connectivity index is 1.84. The summed E-state index contributed by atoms with van der Waals surface area (Å²) in [6.45, 7) is 3.90. The summed E-state index contributed by atoms with van der Waals surface area (Å²) in [7, 11) is 0. The number of carbonyl (C=O) groups is 1. The normalized spacial score (nSPS) is 10.6. The maximum absolute atomic E-state index is 13.8. The molecule has 2 aromatic carbocycles. The fraction of sp³-hybridized carbons (Fsp3) is 0.150. The van der Waals surface area contributed by atoms with Gasteiger partial charge < -0.3 is 5.32 Å². The van der Waals surface area contributed by atoms with Gasteiger partial charge in [0.15, 0.2) is 0 Å². The van der Waals surface area contributed by atoms with Crippen LogP contribution in [0.25, 0.3) is 0 Å². The lowest BCUT2D eigenvalue weighted by Gasteiger charge is -2.09. The Labute approximate surface area is 150 Å². The molecule has 0 aliphatic rings. The van der Waals surface area contributed by atoms with E-state index in [0.717, 1.165) is 15.8 Å². The van der Waals surface area contributed by atoms with Gasteiger partial charge in [0.25, 0.3) is 11.5 Å². The zero-order valence-corrected chi connectivity index (χ0v) is 14.5. The molecule has 0 fully saturated rings. The predicted molar refractivity (Wildman–Crippen MR) is 97.9 cm³/mol. The number of halogens is 1. The molecule has 26 heavy (non-hydrogen) atoms. The van der Waals surface area contributed by atoms with Crippen LogP contribution in [0.15, 0.2) is 59.4 Å². The summed E-state index contributed by atoms with van der Waals surface area (Å²) < 4.78 is 14.9. The van der Waals surface area contributed by atoms with E-state index >= 15 is 0 Å². The van der Waals surface area contributed by atoms with E-state index in [1.54, 1.807) is 24.3 Å². The van der Waals surface area contributed by atoms with Crippen LogP contribution in [0.2, 0.25) is 0 Å². The van der Waals surface area contributed by atoms with Crippen molar-refractivity contribution in [1.82, 2.24) is 9.78 Å². The van der Waals surface area contributed by atoms with Gasteiger partial charge in [0.05, 0.1) is 6.54 Å². The van der Waals surface area contributed by atoms with Crippen LogP contribution < -0.4 is 10.9 Å². The van der Waals surface area contributed by atoms with E-state index in [-0.39, 0.29) is 12.2 Å². The van der Waals surface area contributed by atoms with Crippen LogP contribution in [0.5, 0.6) is 0 Å². The van der Waals surface area contributed by atoms with Gasteiger partial charge >= 0.3 is 0 Å². The molecule has 1 amide bonds. The standard InChI is InChI=1S/C20H18FN3O2/c1-13-7-8-16(11-14(13)2)22-20(26)18-9-10-19(25)24(23-18)12-15-5-3-4-6-17(15)21/h3-11H,12H2,1-2H3,(H,22,26). The summed E-state index contributed by atoms with van der Waals surface area (Å²) in [5.74, 6) is -0.860. The number of amides is 1. The quantitative estimate of drug-likeness (QED) is 0.784. The van der Waals surface area contributed by atoms with Gasteiger partial charge in [-0.05, 0) is 49.2 Å². The van der Waals surface area contributed by atoms with Crippen molar-refractivity contribution in [2.75, 3.05) is 5.32 Å². The van der Waals surface area contributed by atoms with Crippen molar-refractivity contribution in [1.29, 1.82) is 0 Å². The summed E-state index contributed by atoms with van der Waals surface area (Å²) in [5, 5.41) is 6.83. The Morgan fingerprint density at radius 3 is 2.58 bits per heavy atom. The minimum Gasteiger partial charge on any atom is -0.321 e. The highest BCUT2D eigenvalue weighted by Gasteiger charge is 2.12. The van der Waals surface area contributed by atoms with Crippen LogP contribution in [0.3, 0.4) is 0 Å². The lowest BCUT2D eigenvalue weighted by Crippen LogP contribution is -2.26. The third kappa shape index (κ3) is 3.85. The van der Waals surface area contributed by atoms with Crippen molar-refractivity contribution in [3.8, 4) is 0 Å². The molecule has 0 saturated heterocycles. The van der Waals surface area contributed by atoms with Crippen LogP contribution in [-0.2, 0) is 6.54 Å². The Morgan fingerprint density at radius 2 is 1.85 bits per heavy atom. The number of hydrogen-bond donors (Lipinski definition) is 1. The SMILES string of the molecule is Cc1ccc(NC(=O)c2ccc(=O)n(Cc3ccccc3F)n2)cc1C. The van der Waals surface area contributed by atoms with Gasteiger partial charge in [0.2, 0.25) is 0 Å². The molecule has 3 aromatic rings. The average Bonchev–Trinajstić information content (AvgIpc) is 2.62. The molecule has 1 aromatic heterocycles. The number of carbonyl (C=O) groups excluding carboxylic acids is 1. The number of anilines is 1. The van der Waals surface area contributed by atoms with Crippen molar-refractivity contribution in [3.63, 3.8) is 0 Å². The van der Waals surface area contributed by atoms with Gasteiger partial charge in [-0.2, -0.15) is 5.10 Å². The molecule has 0 aliphatic heterocycles. The van der Waals surface area contributed by atoms with Gasteiger partial charge in [-0.25, -0.2) is 9.07 Å². The topological polar surface area (TPSA) is 64.0 Å². The fourth-order valence-corrected chi connectivity index (χ4v) is 2.49. The number of nitrogens with one attached hydrogen (secondary N) is 1. The van der Waals surface area contributed by atoms with E-state index in [0.29, 0.717) is 11.3 Å². The van der Waals surface area contributed by atoms with Crippen LogP contribution >= 0.6 is 0 Å². The largest absolute Gasteiger partial charge is 0.321 e. The summed E-state index contributed by atoms with van der Waals surface area (Å²) in [4.78, 5) is 24.4. The van der Waals surface area contributed by atoms with Crippen molar-refractivity contribution >= 4 is 11.6 Å². The van der Waals surface area contributed by atoms with E-state index < -0.39 is 17.3 Å². The minimum atomic E-state index is -0.435. The second kappa shape index (κ2) is 7.31. The molecular weight excluding hydrogens is 333 g/mol. The Kier molecular flexibility index (Phi) is 4.93. The number of aromatic nitrogens is 2. The lowest BCUT2D eigenvalue weighted by atomic mass is 10.1. The highest BCUT2D eigenvalue weighted by Crippen LogP contribution is 2.15. The molecule has 132 valence electrons. The first-order valence-electron chi connectivity index (χ1n) is 8.14. The molecule has 0 aliphatic carbocycles. The maximum Gasteiger partial charge on any atom is 0.276 e. The molecule has 0 atom stereocenters. The number of hydrogen-bond acceptors (Lipinski definition) is 3. The van der Waals surface area contributed by atoms with Crippen molar-refractivity contribution in [3.05, 3.63) is 93.2 Å². The van der Waals surface area contributed by atoms with Crippen molar-refractivity contribution in [2.45, 2.75) is 20.4 Å². The lowest BCUT2D eigenvalue weighted by molar-refractivity contribution is 0.102. The maximum atomic E-state index is 13.8. The third-order valence-corrected chi connectivity index (χ3v) is 4.14. The van der Waals surface area contributed by atoms with Crippen LogP contribution in [0, 0.1) is 19.7 Å². The highest BCUT2D eigenvalue weighted by molar-refractivity contribution is 6.02. The van der Waals surface area contributed by atoms with E-state index in [2.05, 4.69) is 10.4 Å². The summed E-state index contributed by atoms with van der Waals surface area (Å²) in [5.41, 5.74) is 2.83. The third-order valence-electron chi connectivity index (χ3n) is 4.14. The molecule has 0 bridgehead atoms. The summed E-state index contributed by atoms with van der Waals surface area (Å²) >= 11 is 0. The number of benzene rings is 2. The summed E-state index contributed by atoms with van der Waals surface area (Å²) in [6, 6.07) is 14.3. The van der Waals surface area contributed by atoms with Crippen LogP contribution in [0.1, 0.15) is 27.2 Å². The average molecular weight is 351 g/mol. The van der Waals surface area contributed by atoms with Gasteiger partial charge in [-0.1, -0.05) is 24.3 Å². The molecule has 0 spiro atoms. The smallest absolute Gasteiger partial charge is 0.276 e. The molecule has 6 heteroatoms. The molecule has 0 unspecified atom stereocenters. The predicted octanol–water partition coefficient (Wildman–Crippen LogP) is 3.30. The first-order chi connectivity index (χ1) is 12.4. The van der Waals surface area contributed by atoms with E-state index in [1.165, 1.54) is 18.2 Å². The van der Waals surface area contributed by atoms with Gasteiger partial charge in [-0.3, -0.25) is 9.59 Å². The van der Waals surface area contributed by atoms with E-state index in [1.807, 2.05) is 26.0 Å². The molecule has 3 rings (SSSR count). The van der Waals surface area contributed by atoms with E-state index in [9.17, 15) is 14.0 Å². The fourth-order valence-electron chi connectivity index (χ4n) is 2.49. The zero-order chi connectivity index (χ0) is 18.7. The second-order valence-corrected chi connectivity index (χ2v) is 6.06. The molecule has 1 N–H and O–H groups in total. The minimum absolute atomic E-state index is 0.0454. The first-order valence-corrected chi connectivity index (χ1v) is 8.14. The summed E-state index contributed by atoms with van der Waals surface area (Å²) in [6.07, 6.45) is 0. The zero-order valence-electron chi connectivity index (χ0n) is 14.5. The van der Waals surface area contributed by atoms with Crippen LogP contribution in [-0.4, -0.2) is 15.7 Å². The molecule has 0 saturated carbocycles.